The smallest absolute Gasteiger partial charge is 0.338 e. The number of halogens is 1. The molecule has 0 aliphatic rings. The summed E-state index contributed by atoms with van der Waals surface area (Å²) in [6.45, 7) is -0.397. The zero-order chi connectivity index (χ0) is 20.8. The fourth-order valence-corrected chi connectivity index (χ4v) is 2.35. The molecule has 0 aromatic heterocycles. The number of rotatable bonds is 6. The van der Waals surface area contributed by atoms with Gasteiger partial charge in [-0.15, -0.1) is 0 Å². The van der Waals surface area contributed by atoms with Gasteiger partial charge in [0.15, 0.2) is 0 Å². The zero-order valence-electron chi connectivity index (χ0n) is 15.0. The second-order valence-corrected chi connectivity index (χ2v) is 5.74. The third-order valence-corrected chi connectivity index (χ3v) is 3.63. The Hall–Kier alpha value is -3.82. The first-order valence-electron chi connectivity index (χ1n) is 7.90. The number of non-ortho nitro benzene ring substituents is 1. The van der Waals surface area contributed by atoms with Gasteiger partial charge in [-0.25, -0.2) is 9.18 Å². The predicted octanol–water partition coefficient (Wildman–Crippen LogP) is 2.23. The molecule has 9 nitrogen and oxygen atoms in total. The third-order valence-electron chi connectivity index (χ3n) is 3.63. The van der Waals surface area contributed by atoms with Crippen molar-refractivity contribution in [3.8, 4) is 0 Å². The topological polar surface area (TPSA) is 119 Å². The van der Waals surface area contributed by atoms with Crippen LogP contribution in [-0.4, -0.2) is 48.3 Å². The van der Waals surface area contributed by atoms with E-state index in [-0.39, 0.29) is 16.8 Å². The Balaban J connectivity index is 2.17. The van der Waals surface area contributed by atoms with Crippen LogP contribution >= 0.6 is 0 Å². The first-order chi connectivity index (χ1) is 13.2. The summed E-state index contributed by atoms with van der Waals surface area (Å²) >= 11 is 0. The summed E-state index contributed by atoms with van der Waals surface area (Å²) in [5.74, 6) is -2.69. The van der Waals surface area contributed by atoms with Gasteiger partial charge >= 0.3 is 5.97 Å². The number of nitro groups is 1. The Morgan fingerprint density at radius 1 is 1.18 bits per heavy atom. The van der Waals surface area contributed by atoms with Crippen molar-refractivity contribution in [2.24, 2.45) is 0 Å². The highest BCUT2D eigenvalue weighted by Gasteiger charge is 2.21. The molecule has 28 heavy (non-hydrogen) atoms. The lowest BCUT2D eigenvalue weighted by Crippen LogP contribution is -2.35. The molecule has 2 aromatic carbocycles. The molecular formula is C18H16FN3O6. The number of likely N-dealkylation sites (N-methyl/N-ethyl adjacent to an activating group) is 1. The Kier molecular flexibility index (Phi) is 6.38. The molecule has 0 atom stereocenters. The van der Waals surface area contributed by atoms with Crippen LogP contribution in [0.15, 0.2) is 42.5 Å². The molecule has 10 heteroatoms. The summed E-state index contributed by atoms with van der Waals surface area (Å²) in [4.78, 5) is 47.6. The molecular weight excluding hydrogens is 373 g/mol. The fraction of sp³-hybridized carbons (Fsp3) is 0.167. The van der Waals surface area contributed by atoms with E-state index in [1.165, 1.54) is 25.2 Å². The van der Waals surface area contributed by atoms with Crippen LogP contribution in [0.2, 0.25) is 0 Å². The van der Waals surface area contributed by atoms with Crippen LogP contribution in [0.4, 0.5) is 15.8 Å². The molecule has 0 aliphatic carbocycles. The molecule has 0 saturated carbocycles. The number of ether oxygens (including phenoxy) is 1. The van der Waals surface area contributed by atoms with Gasteiger partial charge in [0.2, 0.25) is 5.91 Å². The number of nitrogens with zero attached hydrogens (tertiary/aromatic N) is 2. The number of amides is 2. The molecule has 0 unspecified atom stereocenters. The van der Waals surface area contributed by atoms with Crippen LogP contribution in [0.25, 0.3) is 0 Å². The first-order valence-corrected chi connectivity index (χ1v) is 7.90. The maximum Gasteiger partial charge on any atom is 0.338 e. The van der Waals surface area contributed by atoms with Gasteiger partial charge < -0.3 is 15.0 Å². The summed E-state index contributed by atoms with van der Waals surface area (Å²) in [6.07, 6.45) is 0. The number of carbonyl (C=O) groups is 3. The van der Waals surface area contributed by atoms with Crippen LogP contribution in [0, 0.1) is 15.9 Å². The van der Waals surface area contributed by atoms with Crippen molar-refractivity contribution in [2.75, 3.05) is 26.0 Å². The van der Waals surface area contributed by atoms with Gasteiger partial charge in [0.05, 0.1) is 24.1 Å². The third kappa shape index (κ3) is 5.10. The van der Waals surface area contributed by atoms with Crippen LogP contribution in [0.3, 0.4) is 0 Å². The number of hydrogen-bond acceptors (Lipinski definition) is 6. The minimum atomic E-state index is -0.843. The van der Waals surface area contributed by atoms with Crippen LogP contribution in [-0.2, 0) is 9.53 Å². The molecule has 0 saturated heterocycles. The molecule has 146 valence electrons. The molecule has 2 rings (SSSR count). The van der Waals surface area contributed by atoms with Crippen LogP contribution in [0.5, 0.6) is 0 Å². The van der Waals surface area contributed by atoms with Crippen LogP contribution < -0.4 is 5.32 Å². The Bertz CT molecular complexity index is 947. The first kappa shape index (κ1) is 20.5. The average Bonchev–Trinajstić information content (AvgIpc) is 2.66. The number of benzene rings is 2. The fourth-order valence-electron chi connectivity index (χ4n) is 2.35. The average molecular weight is 389 g/mol. The summed E-state index contributed by atoms with van der Waals surface area (Å²) in [6, 6.07) is 8.34. The Labute approximate surface area is 158 Å². The number of carbonyl (C=O) groups excluding carboxylic acids is 3. The molecule has 2 amide bonds. The number of esters is 1. The highest BCUT2D eigenvalue weighted by molar-refractivity contribution is 6.01. The van der Waals surface area contributed by atoms with Gasteiger partial charge in [-0.2, -0.15) is 0 Å². The molecule has 0 bridgehead atoms. The summed E-state index contributed by atoms with van der Waals surface area (Å²) < 4.78 is 17.7. The standard InChI is InChI=1S/C18H16FN3O6/c1-21(10-16(23)20-14-5-3-4-13(19)9-14)17(24)11-6-12(18(25)28-2)8-15(7-11)22(26)27/h3-9H,10H2,1-2H3,(H,20,23). The van der Waals surface area contributed by atoms with Crippen LogP contribution in [0.1, 0.15) is 20.7 Å². The van der Waals surface area contributed by atoms with Crippen molar-refractivity contribution in [3.05, 3.63) is 69.5 Å². The number of hydrogen-bond donors (Lipinski definition) is 1. The van der Waals surface area contributed by atoms with Crippen molar-refractivity contribution < 1.29 is 28.4 Å². The van der Waals surface area contributed by atoms with Crippen molar-refractivity contribution >= 4 is 29.2 Å². The van der Waals surface area contributed by atoms with Crippen molar-refractivity contribution in [2.45, 2.75) is 0 Å². The number of methoxy groups -OCH3 is 1. The predicted molar refractivity (Wildman–Crippen MR) is 96.4 cm³/mol. The second-order valence-electron chi connectivity index (χ2n) is 5.74. The van der Waals surface area contributed by atoms with E-state index >= 15 is 0 Å². The Morgan fingerprint density at radius 3 is 2.46 bits per heavy atom. The zero-order valence-corrected chi connectivity index (χ0v) is 15.0. The molecule has 0 radical (unpaired) electrons. The second kappa shape index (κ2) is 8.71. The minimum Gasteiger partial charge on any atom is -0.465 e. The summed E-state index contributed by atoms with van der Waals surface area (Å²) in [7, 11) is 2.41. The molecule has 0 fully saturated rings. The number of nitrogens with one attached hydrogen (secondary N) is 1. The molecule has 0 aliphatic heterocycles. The monoisotopic (exact) mass is 389 g/mol. The maximum absolute atomic E-state index is 13.2. The number of nitro benzene ring substituents is 1. The molecule has 2 aromatic rings. The van der Waals surface area contributed by atoms with E-state index in [1.807, 2.05) is 0 Å². The highest BCUT2D eigenvalue weighted by Crippen LogP contribution is 2.19. The highest BCUT2D eigenvalue weighted by atomic mass is 19.1. The van der Waals surface area contributed by atoms with E-state index in [0.717, 1.165) is 36.3 Å². The summed E-state index contributed by atoms with van der Waals surface area (Å²) in [5.41, 5.74) is -0.577. The minimum absolute atomic E-state index is 0.157. The van der Waals surface area contributed by atoms with Gasteiger partial charge in [0, 0.05) is 30.4 Å². The van der Waals surface area contributed by atoms with E-state index < -0.39 is 40.8 Å². The van der Waals surface area contributed by atoms with Crippen molar-refractivity contribution in [1.29, 1.82) is 0 Å². The summed E-state index contributed by atoms with van der Waals surface area (Å²) in [5, 5.41) is 13.5. The van der Waals surface area contributed by atoms with Gasteiger partial charge in [-0.1, -0.05) is 6.07 Å². The normalized spacial score (nSPS) is 10.1. The maximum atomic E-state index is 13.2. The quantitative estimate of drug-likeness (QED) is 0.460. The van der Waals surface area contributed by atoms with Crippen molar-refractivity contribution in [1.82, 2.24) is 4.90 Å². The van der Waals surface area contributed by atoms with E-state index in [4.69, 9.17) is 0 Å². The molecule has 0 spiro atoms. The lowest BCUT2D eigenvalue weighted by Gasteiger charge is -2.17. The van der Waals surface area contributed by atoms with E-state index in [9.17, 15) is 28.9 Å². The van der Waals surface area contributed by atoms with E-state index in [2.05, 4.69) is 10.1 Å². The molecule has 0 heterocycles. The Morgan fingerprint density at radius 2 is 1.86 bits per heavy atom. The number of anilines is 1. The van der Waals surface area contributed by atoms with E-state index in [0.29, 0.717) is 0 Å². The van der Waals surface area contributed by atoms with Gasteiger partial charge in [0.25, 0.3) is 11.6 Å². The van der Waals surface area contributed by atoms with Gasteiger partial charge in [-0.3, -0.25) is 19.7 Å². The largest absolute Gasteiger partial charge is 0.465 e. The lowest BCUT2D eigenvalue weighted by atomic mass is 10.1. The SMILES string of the molecule is COC(=O)c1cc(C(=O)N(C)CC(=O)Nc2cccc(F)c2)cc([N+](=O)[O-])c1. The van der Waals surface area contributed by atoms with Crippen molar-refractivity contribution in [3.63, 3.8) is 0 Å². The molecule has 1 N–H and O–H groups in total. The van der Waals surface area contributed by atoms with Gasteiger partial charge in [-0.05, 0) is 24.3 Å². The lowest BCUT2D eigenvalue weighted by molar-refractivity contribution is -0.384. The van der Waals surface area contributed by atoms with E-state index in [1.54, 1.807) is 0 Å². The van der Waals surface area contributed by atoms with Gasteiger partial charge in [0.1, 0.15) is 5.82 Å².